The molecule has 1 fully saturated rings. The van der Waals surface area contributed by atoms with Gasteiger partial charge in [0.15, 0.2) is 0 Å². The monoisotopic (exact) mass is 442 g/mol. The molecule has 33 heavy (non-hydrogen) atoms. The van der Waals surface area contributed by atoms with Gasteiger partial charge in [-0.25, -0.2) is 0 Å². The lowest BCUT2D eigenvalue weighted by Crippen LogP contribution is -2.44. The van der Waals surface area contributed by atoms with E-state index < -0.39 is 7.12 Å². The SMILES string of the molecule is CN1CC2(CCN(Cc3ccc(COc4ccc(B(O)O)cc4)cc3)CC2)c2ccccc21. The van der Waals surface area contributed by atoms with Crippen molar-refractivity contribution in [2.24, 2.45) is 0 Å². The summed E-state index contributed by atoms with van der Waals surface area (Å²) in [7, 11) is 0.770. The van der Waals surface area contributed by atoms with Crippen LogP contribution in [0.1, 0.15) is 29.5 Å². The molecule has 6 heteroatoms. The van der Waals surface area contributed by atoms with Crippen molar-refractivity contribution in [3.05, 3.63) is 89.5 Å². The number of hydrogen-bond donors (Lipinski definition) is 2. The maximum Gasteiger partial charge on any atom is 0.488 e. The van der Waals surface area contributed by atoms with Gasteiger partial charge in [-0.05, 0) is 66.3 Å². The van der Waals surface area contributed by atoms with E-state index in [9.17, 15) is 10.0 Å². The summed E-state index contributed by atoms with van der Waals surface area (Å²) in [6, 6.07) is 24.4. The van der Waals surface area contributed by atoms with E-state index in [0.29, 0.717) is 23.2 Å². The maximum absolute atomic E-state index is 9.18. The second-order valence-electron chi connectivity index (χ2n) is 9.48. The van der Waals surface area contributed by atoms with Gasteiger partial charge in [-0.3, -0.25) is 4.90 Å². The lowest BCUT2D eigenvalue weighted by molar-refractivity contribution is 0.160. The van der Waals surface area contributed by atoms with Gasteiger partial charge in [-0.1, -0.05) is 54.6 Å². The van der Waals surface area contributed by atoms with Crippen LogP contribution in [-0.4, -0.2) is 48.7 Å². The van der Waals surface area contributed by atoms with Crippen molar-refractivity contribution in [2.45, 2.75) is 31.4 Å². The summed E-state index contributed by atoms with van der Waals surface area (Å²) in [5, 5.41) is 18.4. The molecule has 2 aliphatic rings. The van der Waals surface area contributed by atoms with Crippen LogP contribution in [0.5, 0.6) is 5.75 Å². The molecule has 1 saturated heterocycles. The molecule has 1 spiro atoms. The Bertz CT molecular complexity index is 1080. The highest BCUT2D eigenvalue weighted by molar-refractivity contribution is 6.58. The number of rotatable bonds is 6. The smallest absolute Gasteiger partial charge is 0.488 e. The second kappa shape index (κ2) is 9.22. The number of hydrogen-bond acceptors (Lipinski definition) is 5. The Kier molecular flexibility index (Phi) is 6.15. The Morgan fingerprint density at radius 2 is 1.55 bits per heavy atom. The highest BCUT2D eigenvalue weighted by Crippen LogP contribution is 2.46. The molecule has 5 nitrogen and oxygen atoms in total. The van der Waals surface area contributed by atoms with E-state index in [1.807, 2.05) is 0 Å². The quantitative estimate of drug-likeness (QED) is 0.575. The van der Waals surface area contributed by atoms with Crippen LogP contribution in [0, 0.1) is 0 Å². The first-order valence-corrected chi connectivity index (χ1v) is 11.7. The molecule has 0 atom stereocenters. The van der Waals surface area contributed by atoms with Crippen molar-refractivity contribution in [1.29, 1.82) is 0 Å². The van der Waals surface area contributed by atoms with Gasteiger partial charge in [-0.2, -0.15) is 0 Å². The Morgan fingerprint density at radius 3 is 2.24 bits per heavy atom. The molecule has 5 rings (SSSR count). The van der Waals surface area contributed by atoms with Gasteiger partial charge in [0.1, 0.15) is 12.4 Å². The highest BCUT2D eigenvalue weighted by atomic mass is 16.5. The van der Waals surface area contributed by atoms with Crippen LogP contribution in [0.2, 0.25) is 0 Å². The van der Waals surface area contributed by atoms with Crippen molar-refractivity contribution in [3.63, 3.8) is 0 Å². The van der Waals surface area contributed by atoms with Crippen molar-refractivity contribution < 1.29 is 14.8 Å². The molecule has 3 aromatic carbocycles. The third kappa shape index (κ3) is 4.65. The van der Waals surface area contributed by atoms with E-state index in [0.717, 1.165) is 31.7 Å². The number of ether oxygens (including phenoxy) is 1. The summed E-state index contributed by atoms with van der Waals surface area (Å²) >= 11 is 0. The van der Waals surface area contributed by atoms with Crippen LogP contribution in [0.4, 0.5) is 5.69 Å². The number of anilines is 1. The molecule has 0 amide bonds. The van der Waals surface area contributed by atoms with Gasteiger partial charge in [0.2, 0.25) is 0 Å². The topological polar surface area (TPSA) is 56.2 Å². The molecule has 2 heterocycles. The van der Waals surface area contributed by atoms with E-state index in [1.54, 1.807) is 29.8 Å². The Balaban J connectivity index is 1.13. The molecule has 2 aliphatic heterocycles. The first-order valence-electron chi connectivity index (χ1n) is 11.7. The normalized spacial score (nSPS) is 17.2. The first kappa shape index (κ1) is 22.0. The Labute approximate surface area is 196 Å². The van der Waals surface area contributed by atoms with Crippen LogP contribution in [0.3, 0.4) is 0 Å². The molecule has 0 radical (unpaired) electrons. The van der Waals surface area contributed by atoms with Crippen molar-refractivity contribution >= 4 is 18.3 Å². The summed E-state index contributed by atoms with van der Waals surface area (Å²) < 4.78 is 5.83. The van der Waals surface area contributed by atoms with Crippen molar-refractivity contribution in [3.8, 4) is 5.75 Å². The minimum absolute atomic E-state index is 0.316. The number of benzene rings is 3. The fourth-order valence-corrected chi connectivity index (χ4v) is 5.35. The van der Waals surface area contributed by atoms with Gasteiger partial charge in [0, 0.05) is 31.2 Å². The minimum Gasteiger partial charge on any atom is -0.489 e. The molecule has 2 N–H and O–H groups in total. The average Bonchev–Trinajstić information content (AvgIpc) is 3.12. The number of fused-ring (bicyclic) bond motifs is 2. The molecular formula is C27H31BN2O3. The molecular weight excluding hydrogens is 411 g/mol. The van der Waals surface area contributed by atoms with E-state index in [4.69, 9.17) is 4.74 Å². The van der Waals surface area contributed by atoms with Crippen LogP contribution in [-0.2, 0) is 18.6 Å². The lowest BCUT2D eigenvalue weighted by atomic mass is 9.74. The third-order valence-corrected chi connectivity index (χ3v) is 7.25. The molecule has 0 aromatic heterocycles. The standard InChI is InChI=1S/C27H31BN2O3/c1-29-20-27(25-4-2-3-5-26(25)29)14-16-30(17-15-27)18-21-6-8-22(9-7-21)19-33-24-12-10-23(11-13-24)28(31)32/h2-13,31-32H,14-20H2,1H3. The summed E-state index contributed by atoms with van der Waals surface area (Å²) in [5.74, 6) is 0.713. The van der Waals surface area contributed by atoms with Gasteiger partial charge >= 0.3 is 7.12 Å². The maximum atomic E-state index is 9.18. The van der Waals surface area contributed by atoms with Gasteiger partial charge in [0.05, 0.1) is 0 Å². The zero-order valence-electron chi connectivity index (χ0n) is 19.2. The fraction of sp³-hybridized carbons (Fsp3) is 0.333. The van der Waals surface area contributed by atoms with Crippen molar-refractivity contribution in [1.82, 2.24) is 4.90 Å². The van der Waals surface area contributed by atoms with Crippen LogP contribution in [0.25, 0.3) is 0 Å². The molecule has 170 valence electrons. The summed E-state index contributed by atoms with van der Waals surface area (Å²) in [6.45, 7) is 4.87. The Morgan fingerprint density at radius 1 is 0.879 bits per heavy atom. The fourth-order valence-electron chi connectivity index (χ4n) is 5.35. The number of nitrogens with zero attached hydrogens (tertiary/aromatic N) is 2. The molecule has 3 aromatic rings. The number of likely N-dealkylation sites (tertiary alicyclic amines) is 1. The second-order valence-corrected chi connectivity index (χ2v) is 9.48. The van der Waals surface area contributed by atoms with Gasteiger partial charge in [-0.15, -0.1) is 0 Å². The zero-order valence-corrected chi connectivity index (χ0v) is 19.2. The van der Waals surface area contributed by atoms with E-state index in [1.165, 1.54) is 24.1 Å². The van der Waals surface area contributed by atoms with Gasteiger partial charge < -0.3 is 19.7 Å². The lowest BCUT2D eigenvalue weighted by Gasteiger charge is -2.40. The third-order valence-electron chi connectivity index (χ3n) is 7.25. The van der Waals surface area contributed by atoms with Crippen molar-refractivity contribution in [2.75, 3.05) is 31.6 Å². The highest BCUT2D eigenvalue weighted by Gasteiger charge is 2.43. The first-order chi connectivity index (χ1) is 16.0. The minimum atomic E-state index is -1.45. The predicted molar refractivity (Wildman–Crippen MR) is 133 cm³/mol. The van der Waals surface area contributed by atoms with Crippen LogP contribution >= 0.6 is 0 Å². The van der Waals surface area contributed by atoms with Crippen LogP contribution in [0.15, 0.2) is 72.8 Å². The summed E-state index contributed by atoms with van der Waals surface area (Å²) in [6.07, 6.45) is 2.43. The molecule has 0 saturated carbocycles. The molecule has 0 unspecified atom stereocenters. The number of para-hydroxylation sites is 1. The number of likely N-dealkylation sites (N-methyl/N-ethyl adjacent to an activating group) is 1. The van der Waals surface area contributed by atoms with E-state index >= 15 is 0 Å². The average molecular weight is 442 g/mol. The van der Waals surface area contributed by atoms with Crippen LogP contribution < -0.4 is 15.1 Å². The zero-order chi connectivity index (χ0) is 22.8. The number of piperidine rings is 1. The van der Waals surface area contributed by atoms with Gasteiger partial charge in [0.25, 0.3) is 0 Å². The molecule has 0 aliphatic carbocycles. The predicted octanol–water partition coefficient (Wildman–Crippen LogP) is 2.93. The summed E-state index contributed by atoms with van der Waals surface area (Å²) in [4.78, 5) is 5.00. The summed E-state index contributed by atoms with van der Waals surface area (Å²) in [5.41, 5.74) is 6.17. The Hall–Kier alpha value is -2.80. The molecule has 0 bridgehead atoms. The largest absolute Gasteiger partial charge is 0.489 e. The van der Waals surface area contributed by atoms with E-state index in [-0.39, 0.29) is 0 Å². The van der Waals surface area contributed by atoms with E-state index in [2.05, 4.69) is 65.4 Å².